The maximum Gasteiger partial charge on any atom is 0.475 e. The van der Waals surface area contributed by atoms with Crippen LogP contribution in [0.25, 0.3) is 11.1 Å². The molecule has 4 aromatic carbocycles. The van der Waals surface area contributed by atoms with Gasteiger partial charge in [-0.25, -0.2) is 0 Å². The molecule has 4 aromatic rings. The van der Waals surface area contributed by atoms with Gasteiger partial charge in [-0.05, 0) is 85.6 Å². The lowest BCUT2D eigenvalue weighted by Crippen LogP contribution is -2.81. The lowest BCUT2D eigenvalue weighted by molar-refractivity contribution is 0.0153. The van der Waals surface area contributed by atoms with Gasteiger partial charge in [0.1, 0.15) is 10.5 Å². The predicted octanol–water partition coefficient (Wildman–Crippen LogP) is 7.04. The minimum absolute atomic E-state index is 0.389. The van der Waals surface area contributed by atoms with Crippen LogP contribution >= 0.6 is 0 Å². The summed E-state index contributed by atoms with van der Waals surface area (Å²) in [7, 11) is -33.8. The summed E-state index contributed by atoms with van der Waals surface area (Å²) in [5.74, 6) is 0. The molecule has 414 valence electrons. The van der Waals surface area contributed by atoms with Crippen molar-refractivity contribution in [3.05, 3.63) is 128 Å². The molecule has 0 amide bonds. The number of benzene rings is 4. The molecule has 6 bridgehead atoms. The van der Waals surface area contributed by atoms with Crippen molar-refractivity contribution in [1.82, 2.24) is 0 Å². The van der Waals surface area contributed by atoms with Crippen LogP contribution in [0.1, 0.15) is 0 Å². The van der Waals surface area contributed by atoms with Crippen LogP contribution in [0.3, 0.4) is 0 Å². The summed E-state index contributed by atoms with van der Waals surface area (Å²) in [5.41, 5.74) is 4.34. The Balaban J connectivity index is 0.000000223. The SMILES string of the molecule is C=C[Si](C)(C)OC.CO[Si](O[Si](C)(C)O[Si](C)(C)O[Si](C)(C)c1ccc(-c2ccccc2)cc1)(c1ccccc1)c1ccccc1.C[SiH]1O[Si]2(C)O[Si]3(C)O[Si](C)(O[SiH3])O[Si]4(C)O[Si](C)(O1)O[Si](C)(O2)O[Si](C)(O3)O4. The third kappa shape index (κ3) is 16.6. The van der Waals surface area contributed by atoms with Crippen molar-refractivity contribution < 1.29 is 70.6 Å². The molecule has 0 N–H and O–H groups in total. The highest BCUT2D eigenvalue weighted by molar-refractivity contribution is 7.00. The Bertz CT molecular complexity index is 2440. The molecule has 4 aliphatic heterocycles. The first-order chi connectivity index (χ1) is 34.6. The quantitative estimate of drug-likeness (QED) is 0.118. The molecule has 0 aliphatic carbocycles. The average molecular weight is 1270 g/mol. The van der Waals surface area contributed by atoms with Crippen molar-refractivity contribution in [3.63, 3.8) is 0 Å². The first kappa shape index (κ1) is 63.2. The molecule has 0 aromatic heterocycles. The summed E-state index contributed by atoms with van der Waals surface area (Å²) < 4.78 is 109. The van der Waals surface area contributed by atoms with Gasteiger partial charge in [-0.3, -0.25) is 0 Å². The Kier molecular flexibility index (Phi) is 20.1. The molecule has 4 fully saturated rings. The van der Waals surface area contributed by atoms with Gasteiger partial charge in [-0.1, -0.05) is 121 Å². The van der Waals surface area contributed by atoms with E-state index < -0.39 is 113 Å². The summed E-state index contributed by atoms with van der Waals surface area (Å²) in [5, 5.41) is 3.38. The Morgan fingerprint density at radius 3 is 1.17 bits per heavy atom. The van der Waals surface area contributed by atoms with Crippen LogP contribution in [-0.2, 0) is 70.6 Å². The van der Waals surface area contributed by atoms with E-state index in [1.165, 1.54) is 16.3 Å². The lowest BCUT2D eigenvalue weighted by Gasteiger charge is -2.56. The fourth-order valence-electron chi connectivity index (χ4n) is 9.46. The maximum atomic E-state index is 7.07. The number of rotatable bonds is 14. The molecule has 4 unspecified atom stereocenters. The molecule has 0 radical (unpaired) electrons. The number of hydrogen-bond donors (Lipinski definition) is 0. The molecule has 31 heteroatoms. The Morgan fingerprint density at radius 2 is 0.813 bits per heavy atom. The highest BCUT2D eigenvalue weighted by Crippen LogP contribution is 2.43. The molecule has 4 aliphatic rings. The highest BCUT2D eigenvalue weighted by Gasteiger charge is 2.73. The lowest BCUT2D eigenvalue weighted by atomic mass is 10.1. The summed E-state index contributed by atoms with van der Waals surface area (Å²) in [6.45, 7) is 35.1. The minimum atomic E-state index is -3.43. The molecule has 8 rings (SSSR count). The van der Waals surface area contributed by atoms with Gasteiger partial charge in [0.15, 0.2) is 0 Å². The van der Waals surface area contributed by atoms with Crippen LogP contribution in [-0.4, -0.2) is 138 Å². The van der Waals surface area contributed by atoms with Crippen LogP contribution in [0.5, 0.6) is 0 Å². The van der Waals surface area contributed by atoms with Crippen molar-refractivity contribution >= 4 is 139 Å². The standard InChI is InChI=1S/C31H40O4Si4.C8H28O12Si9.C5H12OSi/c1-32-39(30-19-13-9-14-20-30,31-21-15-10-16-22-31)35-38(6,7)34-37(4,5)33-36(2,3)29-25-23-28(24-26-29)27-17-11-8-12-18-27;1-22-10-24(3)14-26(5)12-23(2,9-21)13-27(6)15-25(4,11-22)17-28(7,16-24)20-29(8,18-26)19-27;1-5-7(3,4)6-2/h8-26H,1-7H3;22H,1-8,21H3;5H,1H2,2-4H3. The first-order valence-electron chi connectivity index (χ1n) is 24.9. The van der Waals surface area contributed by atoms with Gasteiger partial charge in [-0.15, -0.1) is 6.58 Å². The van der Waals surface area contributed by atoms with Gasteiger partial charge < -0.3 is 70.6 Å². The molecule has 0 spiro atoms. The minimum Gasteiger partial charge on any atom is -0.433 e. The Hall–Kier alpha value is -1.02. The van der Waals surface area contributed by atoms with Gasteiger partial charge in [0.25, 0.3) is 0 Å². The van der Waals surface area contributed by atoms with Crippen LogP contribution in [0.2, 0.25) is 105 Å². The van der Waals surface area contributed by atoms with Gasteiger partial charge in [0.05, 0.1) is 0 Å². The Morgan fingerprint density at radius 1 is 0.453 bits per heavy atom. The molecule has 17 nitrogen and oxygen atoms in total. The molecule has 4 saturated heterocycles. The summed E-state index contributed by atoms with van der Waals surface area (Å²) in [6.07, 6.45) is 0. The van der Waals surface area contributed by atoms with Crippen molar-refractivity contribution in [2.24, 2.45) is 0 Å². The maximum absolute atomic E-state index is 7.07. The molecule has 4 heterocycles. The van der Waals surface area contributed by atoms with Crippen LogP contribution in [0.4, 0.5) is 0 Å². The van der Waals surface area contributed by atoms with Crippen LogP contribution < -0.4 is 15.6 Å². The molecule has 4 atom stereocenters. The normalized spacial score (nSPS) is 31.2. The zero-order chi connectivity index (χ0) is 55.6. The molecular formula is C44H80O17Si14. The smallest absolute Gasteiger partial charge is 0.433 e. The predicted molar refractivity (Wildman–Crippen MR) is 324 cm³/mol. The summed E-state index contributed by atoms with van der Waals surface area (Å²) in [6, 6.07) is 39.9. The second kappa shape index (κ2) is 23.8. The fourth-order valence-corrected chi connectivity index (χ4v) is 70.4. The Labute approximate surface area is 464 Å². The second-order valence-corrected chi connectivity index (χ2v) is 63.6. The van der Waals surface area contributed by atoms with E-state index in [2.05, 4.69) is 132 Å². The van der Waals surface area contributed by atoms with Crippen molar-refractivity contribution in [2.45, 2.75) is 105 Å². The van der Waals surface area contributed by atoms with E-state index in [1.807, 2.05) is 54.7 Å². The van der Waals surface area contributed by atoms with E-state index in [4.69, 9.17) is 70.6 Å². The topological polar surface area (TPSA) is 157 Å². The monoisotopic (exact) mass is 1270 g/mol. The summed E-state index contributed by atoms with van der Waals surface area (Å²) >= 11 is 0. The van der Waals surface area contributed by atoms with Crippen molar-refractivity contribution in [2.75, 3.05) is 14.2 Å². The molecule has 75 heavy (non-hydrogen) atoms. The zero-order valence-electron chi connectivity index (χ0n) is 47.3. The van der Waals surface area contributed by atoms with Crippen molar-refractivity contribution in [1.29, 1.82) is 0 Å². The van der Waals surface area contributed by atoms with E-state index in [9.17, 15) is 0 Å². The third-order valence-corrected chi connectivity index (χ3v) is 65.5. The second-order valence-electron chi connectivity index (χ2n) is 21.1. The first-order valence-corrected chi connectivity index (χ1v) is 56.8. The van der Waals surface area contributed by atoms with E-state index in [0.29, 0.717) is 10.5 Å². The van der Waals surface area contributed by atoms with E-state index in [-0.39, 0.29) is 0 Å². The van der Waals surface area contributed by atoms with E-state index in [0.717, 1.165) is 10.4 Å². The van der Waals surface area contributed by atoms with Gasteiger partial charge in [0.2, 0.25) is 16.6 Å². The third-order valence-electron chi connectivity index (χ3n) is 12.2. The number of fused-ring (bicyclic) bond motifs is 4. The summed E-state index contributed by atoms with van der Waals surface area (Å²) in [4.78, 5) is 0. The largest absolute Gasteiger partial charge is 0.475 e. The van der Waals surface area contributed by atoms with Crippen molar-refractivity contribution in [3.8, 4) is 11.1 Å². The number of hydrogen-bond acceptors (Lipinski definition) is 17. The molecular weight excluding hydrogens is 1190 g/mol. The van der Waals surface area contributed by atoms with Gasteiger partial charge in [-0.2, -0.15) is 0 Å². The van der Waals surface area contributed by atoms with Gasteiger partial charge >= 0.3 is 96.6 Å². The van der Waals surface area contributed by atoms with Gasteiger partial charge in [0, 0.05) is 60.0 Å². The zero-order valence-corrected chi connectivity index (χ0v) is 62.4. The van der Waals surface area contributed by atoms with Crippen LogP contribution in [0.15, 0.2) is 128 Å². The average Bonchev–Trinajstić information content (AvgIpc) is 3.28. The molecule has 0 saturated carbocycles. The highest BCUT2D eigenvalue weighted by atomic mass is 28.6. The van der Waals surface area contributed by atoms with E-state index in [1.54, 1.807) is 60.0 Å². The van der Waals surface area contributed by atoms with E-state index >= 15 is 0 Å². The fraction of sp³-hybridized carbons (Fsp3) is 0.409. The van der Waals surface area contributed by atoms with Crippen LogP contribution in [0, 0.1) is 0 Å².